The van der Waals surface area contributed by atoms with Gasteiger partial charge in [-0.3, -0.25) is 0 Å². The Hall–Kier alpha value is 1.31. The van der Waals surface area contributed by atoms with Crippen molar-refractivity contribution in [2.45, 2.75) is 39.4 Å². The first-order valence-electron chi connectivity index (χ1n) is 4.85. The fourth-order valence-electron chi connectivity index (χ4n) is 0.700. The number of rotatable bonds is 6. The number of hydrogen-bond acceptors (Lipinski definition) is 4. The zero-order valence-corrected chi connectivity index (χ0v) is 13.0. The van der Waals surface area contributed by atoms with Gasteiger partial charge in [0.15, 0.2) is 0 Å². The van der Waals surface area contributed by atoms with Gasteiger partial charge in [-0.2, -0.15) is 0 Å². The van der Waals surface area contributed by atoms with E-state index in [0.29, 0.717) is 4.75 Å². The summed E-state index contributed by atoms with van der Waals surface area (Å²) >= 11 is 9.32. The Morgan fingerprint density at radius 2 is 1.86 bits per heavy atom. The van der Waals surface area contributed by atoms with Crippen molar-refractivity contribution in [3.63, 3.8) is 0 Å². The molecule has 1 unspecified atom stereocenters. The van der Waals surface area contributed by atoms with Crippen LogP contribution < -0.4 is 0 Å². The van der Waals surface area contributed by atoms with Gasteiger partial charge in [0, 0.05) is 22.6 Å². The molecule has 86 valence electrons. The summed E-state index contributed by atoms with van der Waals surface area (Å²) in [4.78, 5) is 0. The molecule has 0 aliphatic carbocycles. The van der Waals surface area contributed by atoms with Crippen LogP contribution in [0.25, 0.3) is 0 Å². The third-order valence-corrected chi connectivity index (χ3v) is 10.3. The predicted molar refractivity (Wildman–Crippen MR) is 76.3 cm³/mol. The van der Waals surface area contributed by atoms with Crippen molar-refractivity contribution in [2.75, 3.05) is 17.9 Å². The molecular formula is C9H21OPS3. The lowest BCUT2D eigenvalue weighted by Crippen LogP contribution is -2.07. The molecule has 0 spiro atoms. The molecule has 0 N–H and O–H groups in total. The smallest absolute Gasteiger partial charge is 0.120 e. The highest BCUT2D eigenvalue weighted by Gasteiger charge is 2.17. The van der Waals surface area contributed by atoms with Gasteiger partial charge in [0.05, 0.1) is 0 Å². The average Bonchev–Trinajstić information content (AvgIpc) is 2.02. The van der Waals surface area contributed by atoms with Crippen molar-refractivity contribution in [2.24, 2.45) is 0 Å². The van der Waals surface area contributed by atoms with E-state index in [-0.39, 0.29) is 0 Å². The Balaban J connectivity index is 3.91. The molecule has 0 saturated carbocycles. The normalized spacial score (nSPS) is 16.6. The van der Waals surface area contributed by atoms with Crippen LogP contribution >= 0.6 is 28.6 Å². The van der Waals surface area contributed by atoms with Crippen LogP contribution in [-0.2, 0) is 16.3 Å². The molecule has 0 saturated heterocycles. The second-order valence-electron chi connectivity index (χ2n) is 3.85. The van der Waals surface area contributed by atoms with Crippen molar-refractivity contribution >= 4 is 40.4 Å². The predicted octanol–water partition coefficient (Wildman–Crippen LogP) is 4.57. The van der Waals surface area contributed by atoms with Crippen molar-refractivity contribution < 1.29 is 4.52 Å². The van der Waals surface area contributed by atoms with E-state index in [1.54, 1.807) is 0 Å². The van der Waals surface area contributed by atoms with E-state index >= 15 is 0 Å². The fraction of sp³-hybridized carbons (Fsp3) is 1.00. The highest BCUT2D eigenvalue weighted by Crippen LogP contribution is 2.60. The molecule has 0 rings (SSSR count). The van der Waals surface area contributed by atoms with E-state index in [9.17, 15) is 0 Å². The summed E-state index contributed by atoms with van der Waals surface area (Å²) in [5.41, 5.74) is -1.56. The average molecular weight is 272 g/mol. The molecule has 14 heavy (non-hydrogen) atoms. The maximum atomic E-state index is 5.67. The van der Waals surface area contributed by atoms with Crippen LogP contribution in [0.2, 0.25) is 0 Å². The second-order valence-corrected chi connectivity index (χ2v) is 13.7. The summed E-state index contributed by atoms with van der Waals surface area (Å²) in [5, 5.41) is 1.05. The molecule has 0 heterocycles. The van der Waals surface area contributed by atoms with Gasteiger partial charge in [0.25, 0.3) is 0 Å². The Morgan fingerprint density at radius 1 is 1.29 bits per heavy atom. The third-order valence-electron chi connectivity index (χ3n) is 1.45. The number of thioether (sulfide) groups is 1. The van der Waals surface area contributed by atoms with Crippen LogP contribution in [0.3, 0.4) is 0 Å². The standard InChI is InChI=1S/C9H21OPS3/c1-6-10-11(12,7-2)14-8-13-9(3,4)5/h6-8H2,1-5H3. The summed E-state index contributed by atoms with van der Waals surface area (Å²) in [6.45, 7) is 11.6. The Kier molecular flexibility index (Phi) is 7.43. The Morgan fingerprint density at radius 3 is 2.21 bits per heavy atom. The van der Waals surface area contributed by atoms with Gasteiger partial charge in [-0.25, -0.2) is 0 Å². The van der Waals surface area contributed by atoms with Crippen LogP contribution in [-0.4, -0.2) is 22.6 Å². The van der Waals surface area contributed by atoms with Crippen LogP contribution in [0.15, 0.2) is 0 Å². The van der Waals surface area contributed by atoms with Gasteiger partial charge in [-0.15, -0.1) is 11.8 Å². The summed E-state index contributed by atoms with van der Waals surface area (Å²) < 4.78 is 6.00. The molecule has 0 aromatic heterocycles. The highest BCUT2D eigenvalue weighted by molar-refractivity contribution is 8.71. The van der Waals surface area contributed by atoms with Crippen molar-refractivity contribution in [1.82, 2.24) is 0 Å². The number of hydrogen-bond donors (Lipinski definition) is 0. The molecule has 1 nitrogen and oxygen atoms in total. The summed E-state index contributed by atoms with van der Waals surface area (Å²) in [5.74, 6) is 0. The first kappa shape index (κ1) is 15.3. The molecule has 5 heteroatoms. The van der Waals surface area contributed by atoms with Gasteiger partial charge in [-0.05, 0) is 6.92 Å². The van der Waals surface area contributed by atoms with Gasteiger partial charge < -0.3 is 4.52 Å². The van der Waals surface area contributed by atoms with Crippen molar-refractivity contribution in [3.05, 3.63) is 0 Å². The van der Waals surface area contributed by atoms with Crippen molar-refractivity contribution in [1.29, 1.82) is 0 Å². The minimum atomic E-state index is -1.56. The third kappa shape index (κ3) is 7.58. The van der Waals surface area contributed by atoms with Crippen LogP contribution in [0.1, 0.15) is 34.6 Å². The monoisotopic (exact) mass is 272 g/mol. The van der Waals surface area contributed by atoms with E-state index in [4.69, 9.17) is 16.3 Å². The van der Waals surface area contributed by atoms with Gasteiger partial charge >= 0.3 is 0 Å². The second kappa shape index (κ2) is 6.80. The molecule has 0 fully saturated rings. The van der Waals surface area contributed by atoms with E-state index in [1.165, 1.54) is 0 Å². The lowest BCUT2D eigenvalue weighted by atomic mass is 10.3. The maximum Gasteiger partial charge on any atom is 0.120 e. The molecule has 0 aromatic rings. The van der Waals surface area contributed by atoms with Gasteiger partial charge in [0.2, 0.25) is 0 Å². The summed E-state index contributed by atoms with van der Waals surface area (Å²) in [7, 11) is 0. The minimum absolute atomic E-state index is 0.327. The molecule has 0 aliphatic heterocycles. The lowest BCUT2D eigenvalue weighted by molar-refractivity contribution is 0.385. The molecule has 0 aromatic carbocycles. The minimum Gasteiger partial charge on any atom is -0.342 e. The SMILES string of the molecule is CCOP(=S)(CC)SCSC(C)(C)C. The Labute approximate surface area is 102 Å². The first-order chi connectivity index (χ1) is 6.33. The first-order valence-corrected chi connectivity index (χ1v) is 10.3. The van der Waals surface area contributed by atoms with Gasteiger partial charge in [-0.1, -0.05) is 50.9 Å². The fourth-order valence-corrected chi connectivity index (χ4v) is 8.29. The largest absolute Gasteiger partial charge is 0.342 e. The quantitative estimate of drug-likeness (QED) is 0.517. The molecule has 1 atom stereocenters. The zero-order chi connectivity index (χ0) is 11.2. The van der Waals surface area contributed by atoms with E-state index in [2.05, 4.69) is 27.7 Å². The summed E-state index contributed by atoms with van der Waals surface area (Å²) in [6.07, 6.45) is 0.992. The van der Waals surface area contributed by atoms with Crippen molar-refractivity contribution in [3.8, 4) is 0 Å². The van der Waals surface area contributed by atoms with Crippen LogP contribution in [0.5, 0.6) is 0 Å². The zero-order valence-electron chi connectivity index (χ0n) is 9.70. The van der Waals surface area contributed by atoms with Crippen LogP contribution in [0, 0.1) is 0 Å². The van der Waals surface area contributed by atoms with E-state index in [1.807, 2.05) is 30.1 Å². The van der Waals surface area contributed by atoms with Crippen LogP contribution in [0.4, 0.5) is 0 Å². The molecule has 0 radical (unpaired) electrons. The maximum absolute atomic E-state index is 5.67. The lowest BCUT2D eigenvalue weighted by Gasteiger charge is -2.22. The van der Waals surface area contributed by atoms with E-state index in [0.717, 1.165) is 17.9 Å². The molecular weight excluding hydrogens is 251 g/mol. The summed E-state index contributed by atoms with van der Waals surface area (Å²) in [6, 6.07) is 0. The molecule has 0 amide bonds. The van der Waals surface area contributed by atoms with E-state index < -0.39 is 5.47 Å². The Bertz CT molecular complexity index is 201. The van der Waals surface area contributed by atoms with Gasteiger partial charge in [0.1, 0.15) is 5.47 Å². The topological polar surface area (TPSA) is 9.23 Å². The molecule has 0 aliphatic rings. The highest BCUT2D eigenvalue weighted by atomic mass is 32.9. The molecule has 0 bridgehead atoms.